The van der Waals surface area contributed by atoms with Gasteiger partial charge >= 0.3 is 5.97 Å². The number of carbonyl (C=O) groups excluding carboxylic acids is 6. The van der Waals surface area contributed by atoms with Crippen LogP contribution in [0.25, 0.3) is 0 Å². The van der Waals surface area contributed by atoms with Crippen molar-refractivity contribution in [2.45, 2.75) is 71.1 Å². The molecule has 0 bridgehead atoms. The summed E-state index contributed by atoms with van der Waals surface area (Å²) in [5.41, 5.74) is 13.0. The number of benzene rings is 2. The van der Waals surface area contributed by atoms with Crippen molar-refractivity contribution in [1.29, 1.82) is 0 Å². The van der Waals surface area contributed by atoms with Crippen LogP contribution < -0.4 is 37.5 Å². The topological polar surface area (TPSA) is 212 Å². The fourth-order valence-electron chi connectivity index (χ4n) is 4.21. The maximum Gasteiger partial charge on any atom is 0.308 e. The normalized spacial score (nSPS) is 13.5. The van der Waals surface area contributed by atoms with Crippen LogP contribution in [0.4, 0.5) is 0 Å². The first-order chi connectivity index (χ1) is 20.7. The van der Waals surface area contributed by atoms with Gasteiger partial charge in [0, 0.05) is 13.3 Å². The van der Waals surface area contributed by atoms with Gasteiger partial charge in [-0.15, -0.1) is 0 Å². The summed E-state index contributed by atoms with van der Waals surface area (Å²) in [6.45, 7) is 6.03. The summed E-state index contributed by atoms with van der Waals surface area (Å²) in [5.74, 6) is -3.14. The lowest BCUT2D eigenvalue weighted by atomic mass is 10.0. The maximum absolute atomic E-state index is 13.1. The Hall–Kier alpha value is -4.78. The van der Waals surface area contributed by atoms with E-state index in [1.54, 1.807) is 48.5 Å². The molecule has 0 spiro atoms. The molecule has 0 heterocycles. The largest absolute Gasteiger partial charge is 0.427 e. The van der Waals surface area contributed by atoms with Crippen LogP contribution in [-0.2, 0) is 41.6 Å². The predicted octanol–water partition coefficient (Wildman–Crippen LogP) is -0.154. The Morgan fingerprint density at radius 3 is 1.93 bits per heavy atom. The van der Waals surface area contributed by atoms with E-state index < -0.39 is 66.2 Å². The summed E-state index contributed by atoms with van der Waals surface area (Å²) in [7, 11) is 0. The Morgan fingerprint density at radius 2 is 1.36 bits per heavy atom. The van der Waals surface area contributed by atoms with Gasteiger partial charge in [0.1, 0.15) is 23.9 Å². The fraction of sp³-hybridized carbons (Fsp3) is 0.419. The van der Waals surface area contributed by atoms with Crippen LogP contribution in [0.1, 0.15) is 45.2 Å². The standard InChI is InChI=1S/C31H42N6O7/c1-18(2)14-25(28(33)40)37-31(43)26(16-21-8-6-5-7-9-21)36-27(39)17-34-29(41)19(3)35-30(42)24(32)15-22-10-12-23(13-11-22)44-20(4)38/h5-13,18-19,24-26H,14-17,32H2,1-4H3,(H2,33,40)(H,34,41)(H,35,42)(H,36,39)(H,37,43)/t19-,24+,25+,26+/m1/s1. The predicted molar refractivity (Wildman–Crippen MR) is 163 cm³/mol. The Balaban J connectivity index is 1.92. The van der Waals surface area contributed by atoms with Gasteiger partial charge in [-0.3, -0.25) is 28.8 Å². The molecule has 4 atom stereocenters. The minimum Gasteiger partial charge on any atom is -0.427 e. The lowest BCUT2D eigenvalue weighted by Gasteiger charge is -2.23. The number of rotatable bonds is 16. The second-order valence-electron chi connectivity index (χ2n) is 10.9. The molecule has 0 saturated carbocycles. The van der Waals surface area contributed by atoms with E-state index in [2.05, 4.69) is 21.3 Å². The summed E-state index contributed by atoms with van der Waals surface area (Å²) in [6.07, 6.45) is 0.636. The Bertz CT molecular complexity index is 1300. The summed E-state index contributed by atoms with van der Waals surface area (Å²) >= 11 is 0. The van der Waals surface area contributed by atoms with Crippen LogP contribution in [0.5, 0.6) is 5.75 Å². The number of primary amides is 1. The number of nitrogens with two attached hydrogens (primary N) is 2. The average molecular weight is 611 g/mol. The van der Waals surface area contributed by atoms with Crippen molar-refractivity contribution in [1.82, 2.24) is 21.3 Å². The second-order valence-corrected chi connectivity index (χ2v) is 10.9. The highest BCUT2D eigenvalue weighted by molar-refractivity contribution is 5.94. The highest BCUT2D eigenvalue weighted by Gasteiger charge is 2.27. The maximum atomic E-state index is 13.1. The first kappa shape index (κ1) is 35.4. The molecular formula is C31H42N6O7. The number of hydrogen-bond acceptors (Lipinski definition) is 8. The third kappa shape index (κ3) is 12.6. The number of nitrogens with one attached hydrogen (secondary N) is 4. The van der Waals surface area contributed by atoms with Crippen LogP contribution in [0.15, 0.2) is 54.6 Å². The van der Waals surface area contributed by atoms with Gasteiger partial charge in [0.05, 0.1) is 12.6 Å². The highest BCUT2D eigenvalue weighted by atomic mass is 16.5. The van der Waals surface area contributed by atoms with Gasteiger partial charge < -0.3 is 37.5 Å². The summed E-state index contributed by atoms with van der Waals surface area (Å²) in [6, 6.07) is 11.6. The molecule has 2 aromatic rings. The van der Waals surface area contributed by atoms with E-state index in [-0.39, 0.29) is 18.8 Å². The van der Waals surface area contributed by atoms with E-state index in [0.29, 0.717) is 12.2 Å². The first-order valence-electron chi connectivity index (χ1n) is 14.3. The zero-order valence-electron chi connectivity index (χ0n) is 25.4. The van der Waals surface area contributed by atoms with Gasteiger partial charge in [0.25, 0.3) is 0 Å². The van der Waals surface area contributed by atoms with Gasteiger partial charge in [0.15, 0.2) is 0 Å². The van der Waals surface area contributed by atoms with Gasteiger partial charge in [-0.25, -0.2) is 0 Å². The minimum atomic E-state index is -1.05. The second kappa shape index (κ2) is 17.4. The molecule has 0 unspecified atom stereocenters. The quantitative estimate of drug-likeness (QED) is 0.111. The van der Waals surface area contributed by atoms with E-state index in [4.69, 9.17) is 16.2 Å². The molecule has 0 aliphatic heterocycles. The molecule has 0 aliphatic rings. The lowest BCUT2D eigenvalue weighted by Crippen LogP contribution is -2.56. The molecule has 0 saturated heterocycles. The number of ether oxygens (including phenoxy) is 1. The van der Waals surface area contributed by atoms with Crippen LogP contribution in [0.2, 0.25) is 0 Å². The molecule has 0 fully saturated rings. The highest BCUT2D eigenvalue weighted by Crippen LogP contribution is 2.13. The molecule has 238 valence electrons. The lowest BCUT2D eigenvalue weighted by molar-refractivity contribution is -0.132. The molecule has 2 aromatic carbocycles. The van der Waals surface area contributed by atoms with E-state index >= 15 is 0 Å². The molecule has 0 radical (unpaired) electrons. The van der Waals surface area contributed by atoms with Crippen molar-refractivity contribution in [2.75, 3.05) is 6.54 Å². The minimum absolute atomic E-state index is 0.0856. The molecule has 5 amide bonds. The first-order valence-corrected chi connectivity index (χ1v) is 14.3. The van der Waals surface area contributed by atoms with Crippen molar-refractivity contribution in [3.8, 4) is 5.75 Å². The number of esters is 1. The van der Waals surface area contributed by atoms with E-state index in [1.807, 2.05) is 19.9 Å². The van der Waals surface area contributed by atoms with Gasteiger partial charge in [-0.1, -0.05) is 56.3 Å². The number of hydrogen-bond donors (Lipinski definition) is 6. The smallest absolute Gasteiger partial charge is 0.308 e. The van der Waals surface area contributed by atoms with Crippen molar-refractivity contribution in [2.24, 2.45) is 17.4 Å². The zero-order chi connectivity index (χ0) is 32.8. The zero-order valence-corrected chi connectivity index (χ0v) is 25.4. The molecule has 13 heteroatoms. The Labute approximate surface area is 256 Å². The number of amides is 5. The summed E-state index contributed by atoms with van der Waals surface area (Å²) < 4.78 is 4.98. The molecular weight excluding hydrogens is 568 g/mol. The Morgan fingerprint density at radius 1 is 0.750 bits per heavy atom. The molecule has 2 rings (SSSR count). The average Bonchev–Trinajstić information content (AvgIpc) is 2.96. The van der Waals surface area contributed by atoms with Gasteiger partial charge in [0.2, 0.25) is 29.5 Å². The van der Waals surface area contributed by atoms with E-state index in [9.17, 15) is 28.8 Å². The van der Waals surface area contributed by atoms with Crippen LogP contribution in [0, 0.1) is 5.92 Å². The fourth-order valence-corrected chi connectivity index (χ4v) is 4.21. The van der Waals surface area contributed by atoms with Crippen LogP contribution in [0.3, 0.4) is 0 Å². The van der Waals surface area contributed by atoms with Crippen LogP contribution in [-0.4, -0.2) is 66.2 Å². The summed E-state index contributed by atoms with van der Waals surface area (Å²) in [5, 5.41) is 10.2. The van der Waals surface area contributed by atoms with Crippen molar-refractivity contribution < 1.29 is 33.5 Å². The van der Waals surface area contributed by atoms with Gasteiger partial charge in [-0.05, 0) is 48.9 Å². The monoisotopic (exact) mass is 610 g/mol. The van der Waals surface area contributed by atoms with E-state index in [1.165, 1.54) is 13.8 Å². The SMILES string of the molecule is CC(=O)Oc1ccc(C[C@H](N)C(=O)N[C@H](C)C(=O)NCC(=O)N[C@@H](Cc2ccccc2)C(=O)N[C@@H](CC(C)C)C(N)=O)cc1. The van der Waals surface area contributed by atoms with Crippen molar-refractivity contribution in [3.63, 3.8) is 0 Å². The molecule has 8 N–H and O–H groups in total. The number of carbonyl (C=O) groups is 6. The summed E-state index contributed by atoms with van der Waals surface area (Å²) in [4.78, 5) is 74.0. The molecule has 0 aliphatic carbocycles. The van der Waals surface area contributed by atoms with Crippen molar-refractivity contribution in [3.05, 3.63) is 65.7 Å². The van der Waals surface area contributed by atoms with Crippen molar-refractivity contribution >= 4 is 35.5 Å². The van der Waals surface area contributed by atoms with Gasteiger partial charge in [-0.2, -0.15) is 0 Å². The van der Waals surface area contributed by atoms with E-state index in [0.717, 1.165) is 11.1 Å². The molecule has 0 aromatic heterocycles. The Kier molecular flexibility index (Phi) is 14.0. The van der Waals surface area contributed by atoms with Crippen LogP contribution >= 0.6 is 0 Å². The molecule has 44 heavy (non-hydrogen) atoms. The third-order valence-corrected chi connectivity index (χ3v) is 6.45. The third-order valence-electron chi connectivity index (χ3n) is 6.45. The molecule has 13 nitrogen and oxygen atoms in total.